The number of pyridine rings is 1. The molecule has 1 aliphatic rings. The van der Waals surface area contributed by atoms with Crippen LogP contribution in [-0.2, 0) is 11.3 Å². The van der Waals surface area contributed by atoms with E-state index in [0.717, 1.165) is 22.0 Å². The third kappa shape index (κ3) is 6.84. The number of rotatable bonds is 9. The molecule has 1 aromatic heterocycles. The van der Waals surface area contributed by atoms with Gasteiger partial charge in [0.1, 0.15) is 17.6 Å². The Morgan fingerprint density at radius 2 is 2.00 bits per heavy atom. The largest absolute Gasteiger partial charge is 0.492 e. The maximum atomic E-state index is 13.7. The summed E-state index contributed by atoms with van der Waals surface area (Å²) in [5, 5.41) is 21.1. The van der Waals surface area contributed by atoms with Gasteiger partial charge < -0.3 is 36.4 Å². The van der Waals surface area contributed by atoms with E-state index in [0.29, 0.717) is 54.0 Å². The number of ether oxygens (including phenoxy) is 1. The maximum absolute atomic E-state index is 13.7. The molecule has 0 aliphatic carbocycles. The van der Waals surface area contributed by atoms with E-state index < -0.39 is 12.1 Å². The Kier molecular flexibility index (Phi) is 8.94. The van der Waals surface area contributed by atoms with Crippen molar-refractivity contribution in [3.63, 3.8) is 0 Å². The van der Waals surface area contributed by atoms with Crippen LogP contribution in [0.2, 0.25) is 5.02 Å². The van der Waals surface area contributed by atoms with Crippen LogP contribution in [0.15, 0.2) is 72.9 Å². The van der Waals surface area contributed by atoms with Crippen molar-refractivity contribution in [2.45, 2.75) is 32.0 Å². The number of aliphatic hydroxyl groups excluding tert-OH is 1. The minimum atomic E-state index is -0.775. The monoisotopic (exact) mass is 588 g/mol. The van der Waals surface area contributed by atoms with Crippen molar-refractivity contribution in [3.8, 4) is 5.75 Å². The van der Waals surface area contributed by atoms with Crippen LogP contribution in [0.5, 0.6) is 5.75 Å². The van der Waals surface area contributed by atoms with E-state index in [1.807, 2.05) is 49.4 Å². The number of carbonyl (C=O) groups excluding carboxylic acids is 2. The quantitative estimate of drug-likeness (QED) is 0.186. The van der Waals surface area contributed by atoms with Crippen LogP contribution in [0.25, 0.3) is 10.8 Å². The summed E-state index contributed by atoms with van der Waals surface area (Å²) >= 11 is 6.33. The number of aromatic nitrogens is 1. The van der Waals surface area contributed by atoms with Crippen LogP contribution >= 0.6 is 11.6 Å². The summed E-state index contributed by atoms with van der Waals surface area (Å²) in [5.74, 6) is 0.654. The fourth-order valence-electron chi connectivity index (χ4n) is 4.90. The van der Waals surface area contributed by atoms with Gasteiger partial charge in [-0.05, 0) is 78.4 Å². The van der Waals surface area contributed by atoms with E-state index in [9.17, 15) is 14.7 Å². The summed E-state index contributed by atoms with van der Waals surface area (Å²) in [5.41, 5.74) is 8.82. The van der Waals surface area contributed by atoms with Gasteiger partial charge in [0.25, 0.3) is 0 Å². The Balaban J connectivity index is 1.34. The molecule has 11 heteroatoms. The van der Waals surface area contributed by atoms with Crippen molar-refractivity contribution >= 4 is 51.5 Å². The molecule has 0 radical (unpaired) electrons. The average molecular weight is 589 g/mol. The van der Waals surface area contributed by atoms with E-state index in [1.165, 1.54) is 0 Å². The van der Waals surface area contributed by atoms with Gasteiger partial charge in [-0.15, -0.1) is 0 Å². The Hall–Kier alpha value is -4.54. The molecule has 2 atom stereocenters. The van der Waals surface area contributed by atoms with Crippen molar-refractivity contribution < 1.29 is 19.4 Å². The Morgan fingerprint density at radius 1 is 1.14 bits per heavy atom. The standard InChI is InChI=1S/C31H33ClN6O4/c1-2-42-27-16-21(6-9-26(27)32)28(36-23-7-8-25-20(15-23)10-12-34-29(25)33)30(40)35-17-19-4-3-5-22(14-19)37-31(41)38-13-11-24(39)18-38/h3-10,12,14-16,24,28,36,39H,2,11,13,17-18H2,1H3,(H2,33,34)(H,35,40)(H,37,41). The zero-order valence-corrected chi connectivity index (χ0v) is 23.9. The lowest BCUT2D eigenvalue weighted by Crippen LogP contribution is -2.34. The Bertz CT molecular complexity index is 1600. The first-order valence-corrected chi connectivity index (χ1v) is 14.1. The zero-order chi connectivity index (χ0) is 29.6. The summed E-state index contributed by atoms with van der Waals surface area (Å²) < 4.78 is 5.68. The van der Waals surface area contributed by atoms with Crippen LogP contribution in [0, 0.1) is 0 Å². The highest BCUT2D eigenvalue weighted by molar-refractivity contribution is 6.32. The second-order valence-electron chi connectivity index (χ2n) is 10.1. The number of nitrogen functional groups attached to an aromatic ring is 1. The normalized spacial score (nSPS) is 15.3. The van der Waals surface area contributed by atoms with Gasteiger partial charge in [0.05, 0.1) is 17.7 Å². The molecular formula is C31H33ClN6O4. The first-order valence-electron chi connectivity index (χ1n) is 13.7. The number of benzene rings is 3. The average Bonchev–Trinajstić information content (AvgIpc) is 3.43. The molecule has 3 aromatic carbocycles. The highest BCUT2D eigenvalue weighted by atomic mass is 35.5. The van der Waals surface area contributed by atoms with E-state index in [1.54, 1.807) is 35.4 Å². The van der Waals surface area contributed by atoms with Gasteiger partial charge in [0.2, 0.25) is 5.91 Å². The minimum absolute atomic E-state index is 0.231. The van der Waals surface area contributed by atoms with Crippen molar-refractivity contribution in [1.29, 1.82) is 0 Å². The van der Waals surface area contributed by atoms with Gasteiger partial charge in [-0.25, -0.2) is 9.78 Å². The number of amides is 3. The Morgan fingerprint density at radius 3 is 2.79 bits per heavy atom. The van der Waals surface area contributed by atoms with E-state index in [-0.39, 0.29) is 18.5 Å². The number of aliphatic hydroxyl groups is 1. The van der Waals surface area contributed by atoms with Gasteiger partial charge in [-0.1, -0.05) is 29.8 Å². The van der Waals surface area contributed by atoms with Gasteiger partial charge in [0.15, 0.2) is 0 Å². The number of fused-ring (bicyclic) bond motifs is 1. The third-order valence-corrected chi connectivity index (χ3v) is 7.36. The van der Waals surface area contributed by atoms with Crippen LogP contribution in [0.3, 0.4) is 0 Å². The predicted molar refractivity (Wildman–Crippen MR) is 165 cm³/mol. The van der Waals surface area contributed by atoms with Crippen molar-refractivity contribution in [2.75, 3.05) is 36.1 Å². The number of nitrogens with one attached hydrogen (secondary N) is 3. The van der Waals surface area contributed by atoms with E-state index in [2.05, 4.69) is 20.9 Å². The zero-order valence-electron chi connectivity index (χ0n) is 23.1. The molecule has 10 nitrogen and oxygen atoms in total. The molecule has 1 saturated heterocycles. The number of likely N-dealkylation sites (tertiary alicyclic amines) is 1. The number of β-amino-alcohol motifs (C(OH)–C–C–N with tert-alkyl or cyclic N) is 1. The SMILES string of the molecule is CCOc1cc(C(Nc2ccc3c(N)nccc3c2)C(=O)NCc2cccc(NC(=O)N3CCC(O)C3)c2)ccc1Cl. The van der Waals surface area contributed by atoms with Gasteiger partial charge in [-0.3, -0.25) is 4.79 Å². The molecule has 4 aromatic rings. The summed E-state index contributed by atoms with van der Waals surface area (Å²) in [6.45, 7) is 3.35. The van der Waals surface area contributed by atoms with Crippen LogP contribution in [0.1, 0.15) is 30.5 Å². The van der Waals surface area contributed by atoms with Crippen molar-refractivity contribution in [3.05, 3.63) is 89.1 Å². The molecule has 6 N–H and O–H groups in total. The topological polar surface area (TPSA) is 142 Å². The van der Waals surface area contributed by atoms with Gasteiger partial charge >= 0.3 is 6.03 Å². The second kappa shape index (κ2) is 13.0. The molecule has 0 spiro atoms. The van der Waals surface area contributed by atoms with Gasteiger partial charge in [-0.2, -0.15) is 0 Å². The lowest BCUT2D eigenvalue weighted by molar-refractivity contribution is -0.122. The third-order valence-electron chi connectivity index (χ3n) is 7.05. The second-order valence-corrected chi connectivity index (χ2v) is 10.5. The minimum Gasteiger partial charge on any atom is -0.492 e. The summed E-state index contributed by atoms with van der Waals surface area (Å²) in [6.07, 6.45) is 1.72. The smallest absolute Gasteiger partial charge is 0.321 e. The van der Waals surface area contributed by atoms with Crippen LogP contribution < -0.4 is 26.4 Å². The lowest BCUT2D eigenvalue weighted by atomic mass is 10.0. The first kappa shape index (κ1) is 29.0. The number of carbonyl (C=O) groups is 2. The number of hydrogen-bond donors (Lipinski definition) is 5. The highest BCUT2D eigenvalue weighted by Crippen LogP contribution is 2.31. The molecule has 1 fully saturated rings. The first-order chi connectivity index (χ1) is 20.3. The van der Waals surface area contributed by atoms with Crippen LogP contribution in [0.4, 0.5) is 22.0 Å². The van der Waals surface area contributed by atoms with Crippen LogP contribution in [-0.4, -0.2) is 52.7 Å². The number of urea groups is 1. The fourth-order valence-corrected chi connectivity index (χ4v) is 5.07. The number of anilines is 3. The Labute approximate surface area is 248 Å². The van der Waals surface area contributed by atoms with Crippen molar-refractivity contribution in [2.24, 2.45) is 0 Å². The predicted octanol–water partition coefficient (Wildman–Crippen LogP) is 4.94. The summed E-state index contributed by atoms with van der Waals surface area (Å²) in [7, 11) is 0. The highest BCUT2D eigenvalue weighted by Gasteiger charge is 2.25. The number of nitrogens with zero attached hydrogens (tertiary/aromatic N) is 2. The molecule has 5 rings (SSSR count). The molecule has 218 valence electrons. The molecular weight excluding hydrogens is 556 g/mol. The molecule has 42 heavy (non-hydrogen) atoms. The summed E-state index contributed by atoms with van der Waals surface area (Å²) in [4.78, 5) is 32.0. The number of halogens is 1. The molecule has 1 aliphatic heterocycles. The number of nitrogens with two attached hydrogens (primary N) is 1. The molecule has 3 amide bonds. The molecule has 2 unspecified atom stereocenters. The van der Waals surface area contributed by atoms with Gasteiger partial charge in [0, 0.05) is 42.6 Å². The summed E-state index contributed by atoms with van der Waals surface area (Å²) in [6, 6.07) is 19.0. The lowest BCUT2D eigenvalue weighted by Gasteiger charge is -2.22. The fraction of sp³-hybridized carbons (Fsp3) is 0.258. The molecule has 0 bridgehead atoms. The number of hydrogen-bond acceptors (Lipinski definition) is 7. The van der Waals surface area contributed by atoms with E-state index in [4.69, 9.17) is 22.1 Å². The molecule has 0 saturated carbocycles. The maximum Gasteiger partial charge on any atom is 0.321 e. The molecule has 2 heterocycles. The van der Waals surface area contributed by atoms with Crippen molar-refractivity contribution in [1.82, 2.24) is 15.2 Å². The van der Waals surface area contributed by atoms with E-state index >= 15 is 0 Å².